The van der Waals surface area contributed by atoms with Crippen molar-refractivity contribution in [2.45, 2.75) is 6.54 Å². The summed E-state index contributed by atoms with van der Waals surface area (Å²) in [5, 5.41) is 7.98. The molecule has 2 aromatic carbocycles. The van der Waals surface area contributed by atoms with Gasteiger partial charge in [-0.2, -0.15) is 5.10 Å². The number of aromatic nitrogens is 3. The van der Waals surface area contributed by atoms with Gasteiger partial charge >= 0.3 is 0 Å². The van der Waals surface area contributed by atoms with E-state index in [0.717, 1.165) is 46.8 Å². The largest absolute Gasteiger partial charge is 0.336 e. The molecule has 1 aliphatic rings. The Morgan fingerprint density at radius 1 is 0.886 bits per heavy atom. The lowest BCUT2D eigenvalue weighted by Gasteiger charge is -2.34. The molecule has 0 atom stereocenters. The summed E-state index contributed by atoms with van der Waals surface area (Å²) in [6.45, 7) is 3.88. The second-order valence-electron chi connectivity index (χ2n) is 8.71. The van der Waals surface area contributed by atoms with Crippen molar-refractivity contribution in [3.63, 3.8) is 0 Å². The van der Waals surface area contributed by atoms with E-state index in [2.05, 4.69) is 34.1 Å². The smallest absolute Gasteiger partial charge is 0.257 e. The van der Waals surface area contributed by atoms with Crippen LogP contribution in [0.3, 0.4) is 0 Å². The minimum atomic E-state index is 0.0436. The molecule has 0 N–H and O–H groups in total. The van der Waals surface area contributed by atoms with E-state index >= 15 is 0 Å². The first-order chi connectivity index (χ1) is 17.3. The zero-order valence-electron chi connectivity index (χ0n) is 19.2. The lowest BCUT2D eigenvalue weighted by Crippen LogP contribution is -2.48. The van der Waals surface area contributed by atoms with Gasteiger partial charge in [0.15, 0.2) is 0 Å². The van der Waals surface area contributed by atoms with Crippen LogP contribution in [0.15, 0.2) is 90.6 Å². The molecule has 1 aliphatic heterocycles. The van der Waals surface area contributed by atoms with Gasteiger partial charge in [-0.1, -0.05) is 48.5 Å². The summed E-state index contributed by atoms with van der Waals surface area (Å²) < 4.78 is 1.81. The first-order valence-electron chi connectivity index (χ1n) is 11.8. The van der Waals surface area contributed by atoms with Gasteiger partial charge in [0.25, 0.3) is 5.91 Å². The van der Waals surface area contributed by atoms with E-state index in [4.69, 9.17) is 5.10 Å². The van der Waals surface area contributed by atoms with Crippen molar-refractivity contribution < 1.29 is 4.79 Å². The molecule has 0 radical (unpaired) electrons. The molecule has 0 unspecified atom stereocenters. The van der Waals surface area contributed by atoms with Crippen molar-refractivity contribution in [3.05, 3.63) is 102 Å². The molecule has 35 heavy (non-hydrogen) atoms. The fraction of sp³-hybridized carbons (Fsp3) is 0.179. The van der Waals surface area contributed by atoms with E-state index in [-0.39, 0.29) is 5.91 Å². The summed E-state index contributed by atoms with van der Waals surface area (Å²) in [6, 6.07) is 24.4. The zero-order chi connectivity index (χ0) is 23.6. The van der Waals surface area contributed by atoms with Gasteiger partial charge in [0, 0.05) is 50.5 Å². The lowest BCUT2D eigenvalue weighted by molar-refractivity contribution is 0.0629. The predicted octanol–water partition coefficient (Wildman–Crippen LogP) is 5.11. The van der Waals surface area contributed by atoms with Gasteiger partial charge in [0.2, 0.25) is 0 Å². The molecule has 0 saturated carbocycles. The van der Waals surface area contributed by atoms with Crippen LogP contribution in [-0.4, -0.2) is 56.7 Å². The first-order valence-corrected chi connectivity index (χ1v) is 12.7. The second kappa shape index (κ2) is 9.44. The number of piperazine rings is 1. The number of hydrogen-bond donors (Lipinski definition) is 0. The Balaban J connectivity index is 1.20. The Kier molecular flexibility index (Phi) is 5.86. The molecule has 6 rings (SSSR count). The third kappa shape index (κ3) is 4.36. The Hall–Kier alpha value is -3.81. The van der Waals surface area contributed by atoms with E-state index < -0.39 is 0 Å². The van der Waals surface area contributed by atoms with E-state index in [1.54, 1.807) is 11.3 Å². The van der Waals surface area contributed by atoms with Crippen LogP contribution in [0.1, 0.15) is 15.9 Å². The molecule has 0 aliphatic carbocycles. The maximum atomic E-state index is 13.6. The standard InChI is InChI=1S/C28H25N5OS/c34-28(24-20-33(23-10-2-1-3-11-23)30-27(24)25-12-6-18-35-25)32-16-14-31(15-17-32)19-22-8-4-7-21-9-5-13-29-26(21)22/h1-13,18,20H,14-17,19H2. The Bertz CT molecular complexity index is 1450. The van der Waals surface area contributed by atoms with Crippen molar-refractivity contribution in [1.82, 2.24) is 24.6 Å². The van der Waals surface area contributed by atoms with Crippen molar-refractivity contribution in [3.8, 4) is 16.3 Å². The van der Waals surface area contributed by atoms with Crippen LogP contribution >= 0.6 is 11.3 Å². The highest BCUT2D eigenvalue weighted by Gasteiger charge is 2.27. The molecule has 6 nitrogen and oxygen atoms in total. The average Bonchev–Trinajstić information content (AvgIpc) is 3.60. The van der Waals surface area contributed by atoms with Gasteiger partial charge in [0.05, 0.1) is 21.6 Å². The van der Waals surface area contributed by atoms with Crippen LogP contribution in [0.2, 0.25) is 0 Å². The quantitative estimate of drug-likeness (QED) is 0.352. The Labute approximate surface area is 208 Å². The van der Waals surface area contributed by atoms with E-state index in [0.29, 0.717) is 18.7 Å². The topological polar surface area (TPSA) is 54.3 Å². The third-order valence-corrected chi connectivity index (χ3v) is 7.37. The minimum absolute atomic E-state index is 0.0436. The molecule has 1 amide bonds. The molecule has 4 heterocycles. The maximum absolute atomic E-state index is 13.6. The number of thiophene rings is 1. The van der Waals surface area contributed by atoms with Crippen molar-refractivity contribution in [2.24, 2.45) is 0 Å². The zero-order valence-corrected chi connectivity index (χ0v) is 20.1. The molecular weight excluding hydrogens is 454 g/mol. The maximum Gasteiger partial charge on any atom is 0.257 e. The van der Waals surface area contributed by atoms with Crippen LogP contribution in [0.25, 0.3) is 27.2 Å². The Morgan fingerprint density at radius 2 is 1.71 bits per heavy atom. The van der Waals surface area contributed by atoms with Crippen LogP contribution < -0.4 is 0 Å². The number of amides is 1. The van der Waals surface area contributed by atoms with Gasteiger partial charge < -0.3 is 4.90 Å². The molecule has 0 bridgehead atoms. The molecule has 174 valence electrons. The van der Waals surface area contributed by atoms with Crippen molar-refractivity contribution >= 4 is 28.1 Å². The molecule has 0 spiro atoms. The number of fused-ring (bicyclic) bond motifs is 1. The lowest BCUT2D eigenvalue weighted by atomic mass is 10.1. The average molecular weight is 480 g/mol. The van der Waals surface area contributed by atoms with Crippen molar-refractivity contribution in [2.75, 3.05) is 26.2 Å². The Morgan fingerprint density at radius 3 is 2.51 bits per heavy atom. The fourth-order valence-electron chi connectivity index (χ4n) is 4.65. The fourth-order valence-corrected chi connectivity index (χ4v) is 5.38. The summed E-state index contributed by atoms with van der Waals surface area (Å²) in [6.07, 6.45) is 3.73. The van der Waals surface area contributed by atoms with Gasteiger partial charge in [-0.15, -0.1) is 11.3 Å². The summed E-state index contributed by atoms with van der Waals surface area (Å²) >= 11 is 1.60. The summed E-state index contributed by atoms with van der Waals surface area (Å²) in [5.41, 5.74) is 4.63. The number of rotatable bonds is 5. The summed E-state index contributed by atoms with van der Waals surface area (Å²) in [5.74, 6) is 0.0436. The second-order valence-corrected chi connectivity index (χ2v) is 9.66. The van der Waals surface area contributed by atoms with Crippen LogP contribution in [0.5, 0.6) is 0 Å². The number of carbonyl (C=O) groups is 1. The van der Waals surface area contributed by atoms with Crippen molar-refractivity contribution in [1.29, 1.82) is 0 Å². The molecule has 3 aromatic heterocycles. The number of hydrogen-bond acceptors (Lipinski definition) is 5. The van der Waals surface area contributed by atoms with E-state index in [9.17, 15) is 4.79 Å². The highest BCUT2D eigenvalue weighted by Crippen LogP contribution is 2.29. The number of benzene rings is 2. The monoisotopic (exact) mass is 479 g/mol. The first kappa shape index (κ1) is 21.7. The molecular formula is C28H25N5OS. The van der Waals surface area contributed by atoms with E-state index in [1.165, 1.54) is 5.56 Å². The molecule has 5 aromatic rings. The highest BCUT2D eigenvalue weighted by atomic mass is 32.1. The minimum Gasteiger partial charge on any atom is -0.336 e. The normalized spacial score (nSPS) is 14.5. The number of nitrogens with zero attached hydrogens (tertiary/aromatic N) is 5. The van der Waals surface area contributed by atoms with Crippen LogP contribution in [-0.2, 0) is 6.54 Å². The SMILES string of the molecule is O=C(c1cn(-c2ccccc2)nc1-c1cccs1)N1CCN(Cc2cccc3cccnc23)CC1. The van der Waals surface area contributed by atoms with Crippen LogP contribution in [0, 0.1) is 0 Å². The van der Waals surface area contributed by atoms with Gasteiger partial charge in [0.1, 0.15) is 5.69 Å². The summed E-state index contributed by atoms with van der Waals surface area (Å²) in [4.78, 5) is 23.6. The van der Waals surface area contributed by atoms with E-state index in [1.807, 2.05) is 75.9 Å². The van der Waals surface area contributed by atoms with Gasteiger partial charge in [-0.05, 0) is 35.2 Å². The van der Waals surface area contributed by atoms with Gasteiger partial charge in [-0.3, -0.25) is 14.7 Å². The molecule has 7 heteroatoms. The summed E-state index contributed by atoms with van der Waals surface area (Å²) in [7, 11) is 0. The molecule has 1 fully saturated rings. The molecule has 1 saturated heterocycles. The highest BCUT2D eigenvalue weighted by molar-refractivity contribution is 7.13. The third-order valence-electron chi connectivity index (χ3n) is 6.49. The number of para-hydroxylation sites is 2. The number of carbonyl (C=O) groups excluding carboxylic acids is 1. The van der Waals surface area contributed by atoms with Gasteiger partial charge in [-0.25, -0.2) is 4.68 Å². The van der Waals surface area contributed by atoms with Crippen LogP contribution in [0.4, 0.5) is 0 Å². The predicted molar refractivity (Wildman–Crippen MR) is 140 cm³/mol. The number of pyridine rings is 1.